The summed E-state index contributed by atoms with van der Waals surface area (Å²) >= 11 is 6.16. The van der Waals surface area contributed by atoms with Gasteiger partial charge in [0.2, 0.25) is 0 Å². The third kappa shape index (κ3) is 4.93. The Labute approximate surface area is 206 Å². The van der Waals surface area contributed by atoms with Gasteiger partial charge in [0, 0.05) is 41.7 Å². The molecule has 180 valence electrons. The van der Waals surface area contributed by atoms with Crippen molar-refractivity contribution in [3.8, 4) is 0 Å². The Kier molecular flexibility index (Phi) is 6.79. The predicted octanol–water partition coefficient (Wildman–Crippen LogP) is 4.72. The Morgan fingerprint density at radius 1 is 1.03 bits per heavy atom. The summed E-state index contributed by atoms with van der Waals surface area (Å²) in [6.45, 7) is 4.77. The molecule has 3 aliphatic heterocycles. The zero-order chi connectivity index (χ0) is 23.5. The molecular formula is C27H32ClN3O3. The molecule has 7 heteroatoms. The molecule has 2 saturated heterocycles. The van der Waals surface area contributed by atoms with E-state index in [1.165, 1.54) is 5.56 Å². The van der Waals surface area contributed by atoms with Gasteiger partial charge in [-0.3, -0.25) is 9.69 Å². The van der Waals surface area contributed by atoms with E-state index in [0.717, 1.165) is 61.6 Å². The van der Waals surface area contributed by atoms with Crippen molar-refractivity contribution in [1.82, 2.24) is 9.80 Å². The van der Waals surface area contributed by atoms with Crippen LogP contribution in [0.4, 0.5) is 10.5 Å². The number of amides is 1. The summed E-state index contributed by atoms with van der Waals surface area (Å²) in [6, 6.07) is 15.9. The maximum Gasteiger partial charge on any atom is 0.410 e. The number of Topliss-reactive ketones (excluding diaryl/α,β-unsaturated/α-hetero) is 1. The first-order valence-electron chi connectivity index (χ1n) is 12.3. The number of hydrogen-bond donors (Lipinski definition) is 1. The van der Waals surface area contributed by atoms with Gasteiger partial charge in [-0.05, 0) is 62.0 Å². The number of fused-ring (bicyclic) bond motifs is 2. The highest BCUT2D eigenvalue weighted by Gasteiger charge is 2.42. The summed E-state index contributed by atoms with van der Waals surface area (Å²) in [5.41, 5.74) is 3.66. The lowest BCUT2D eigenvalue weighted by Gasteiger charge is -2.40. The van der Waals surface area contributed by atoms with Crippen LogP contribution in [-0.2, 0) is 21.6 Å². The summed E-state index contributed by atoms with van der Waals surface area (Å²) in [4.78, 5) is 29.4. The van der Waals surface area contributed by atoms with E-state index in [2.05, 4.69) is 16.3 Å². The molecular weight excluding hydrogens is 450 g/mol. The molecule has 1 spiro atoms. The molecule has 5 rings (SSSR count). The molecule has 0 radical (unpaired) electrons. The van der Waals surface area contributed by atoms with Crippen LogP contribution in [0.5, 0.6) is 0 Å². The minimum atomic E-state index is -0.289. The summed E-state index contributed by atoms with van der Waals surface area (Å²) < 4.78 is 5.44. The van der Waals surface area contributed by atoms with Gasteiger partial charge in [-0.1, -0.05) is 48.0 Å². The van der Waals surface area contributed by atoms with Crippen LogP contribution < -0.4 is 5.32 Å². The van der Waals surface area contributed by atoms with Gasteiger partial charge >= 0.3 is 6.09 Å². The number of carbonyl (C=O) groups is 2. The number of rotatable bonds is 5. The fourth-order valence-corrected chi connectivity index (χ4v) is 5.79. The number of benzene rings is 2. The SMILES string of the molecule is O=C(CN1CCC2(CC1)CNc1cc(Cl)ccc12)C1CCN(C(=O)OCc2ccccc2)CC1. The Balaban J connectivity index is 1.06. The van der Waals surface area contributed by atoms with Gasteiger partial charge in [-0.15, -0.1) is 0 Å². The molecule has 0 saturated carbocycles. The van der Waals surface area contributed by atoms with Crippen molar-refractivity contribution < 1.29 is 14.3 Å². The lowest BCUT2D eigenvalue weighted by molar-refractivity contribution is -0.125. The van der Waals surface area contributed by atoms with Crippen LogP contribution in [0.15, 0.2) is 48.5 Å². The number of piperidine rings is 2. The molecule has 34 heavy (non-hydrogen) atoms. The third-order valence-electron chi connectivity index (χ3n) is 7.78. The van der Waals surface area contributed by atoms with E-state index in [1.54, 1.807) is 4.90 Å². The second kappa shape index (κ2) is 9.96. The second-order valence-electron chi connectivity index (χ2n) is 9.87. The van der Waals surface area contributed by atoms with E-state index in [-0.39, 0.29) is 24.0 Å². The van der Waals surface area contributed by atoms with E-state index >= 15 is 0 Å². The number of ketones is 1. The molecule has 2 aromatic rings. The van der Waals surface area contributed by atoms with Crippen LogP contribution in [0.1, 0.15) is 36.8 Å². The van der Waals surface area contributed by atoms with Crippen LogP contribution in [0.2, 0.25) is 5.02 Å². The molecule has 2 fully saturated rings. The molecule has 6 nitrogen and oxygen atoms in total. The Hall–Kier alpha value is -2.57. The quantitative estimate of drug-likeness (QED) is 0.669. The second-order valence-corrected chi connectivity index (χ2v) is 10.3. The molecule has 3 heterocycles. The molecule has 2 aromatic carbocycles. The Bertz CT molecular complexity index is 1030. The van der Waals surface area contributed by atoms with Crippen molar-refractivity contribution >= 4 is 29.2 Å². The topological polar surface area (TPSA) is 61.9 Å². The Morgan fingerprint density at radius 3 is 2.50 bits per heavy atom. The van der Waals surface area contributed by atoms with Crippen molar-refractivity contribution in [2.24, 2.45) is 5.92 Å². The number of likely N-dealkylation sites (tertiary alicyclic amines) is 2. The molecule has 1 amide bonds. The maximum absolute atomic E-state index is 13.0. The smallest absolute Gasteiger partial charge is 0.410 e. The number of hydrogen-bond acceptors (Lipinski definition) is 5. The molecule has 0 atom stereocenters. The molecule has 0 bridgehead atoms. The predicted molar refractivity (Wildman–Crippen MR) is 133 cm³/mol. The monoisotopic (exact) mass is 481 g/mol. The van der Waals surface area contributed by atoms with Gasteiger partial charge in [0.15, 0.2) is 0 Å². The van der Waals surface area contributed by atoms with E-state index < -0.39 is 0 Å². The fraction of sp³-hybridized carbons (Fsp3) is 0.481. The van der Waals surface area contributed by atoms with Gasteiger partial charge in [0.1, 0.15) is 12.4 Å². The van der Waals surface area contributed by atoms with E-state index in [4.69, 9.17) is 16.3 Å². The fourth-order valence-electron chi connectivity index (χ4n) is 5.61. The zero-order valence-corrected chi connectivity index (χ0v) is 20.2. The molecule has 0 aromatic heterocycles. The van der Waals surface area contributed by atoms with E-state index in [1.807, 2.05) is 42.5 Å². The zero-order valence-electron chi connectivity index (χ0n) is 19.5. The van der Waals surface area contributed by atoms with Gasteiger partial charge in [0.25, 0.3) is 0 Å². The highest BCUT2D eigenvalue weighted by Crippen LogP contribution is 2.44. The van der Waals surface area contributed by atoms with Gasteiger partial charge < -0.3 is 15.0 Å². The Morgan fingerprint density at radius 2 is 1.76 bits per heavy atom. The van der Waals surface area contributed by atoms with Crippen LogP contribution in [0.25, 0.3) is 0 Å². The number of halogens is 1. The van der Waals surface area contributed by atoms with Gasteiger partial charge in [0.05, 0.1) is 6.54 Å². The lowest BCUT2D eigenvalue weighted by atomic mass is 9.74. The summed E-state index contributed by atoms with van der Waals surface area (Å²) in [6.07, 6.45) is 3.24. The average Bonchev–Trinajstić information content (AvgIpc) is 3.21. The molecule has 3 aliphatic rings. The molecule has 0 unspecified atom stereocenters. The number of nitrogens with zero attached hydrogens (tertiary/aromatic N) is 2. The van der Waals surface area contributed by atoms with Crippen LogP contribution in [0, 0.1) is 5.92 Å². The van der Waals surface area contributed by atoms with Crippen LogP contribution in [0.3, 0.4) is 0 Å². The number of ether oxygens (including phenoxy) is 1. The highest BCUT2D eigenvalue weighted by atomic mass is 35.5. The van der Waals surface area contributed by atoms with Crippen LogP contribution in [-0.4, -0.2) is 60.9 Å². The summed E-state index contributed by atoms with van der Waals surface area (Å²) in [5.74, 6) is 0.343. The minimum absolute atomic E-state index is 0.0325. The number of carbonyl (C=O) groups excluding carboxylic acids is 2. The highest BCUT2D eigenvalue weighted by molar-refractivity contribution is 6.30. The van der Waals surface area contributed by atoms with Crippen LogP contribution >= 0.6 is 11.6 Å². The number of nitrogens with one attached hydrogen (secondary N) is 1. The standard InChI is InChI=1S/C27H32ClN3O3/c28-22-6-7-23-24(16-22)29-19-27(23)10-14-30(15-11-27)17-25(32)21-8-12-31(13-9-21)26(33)34-18-20-4-2-1-3-5-20/h1-7,16,21,29H,8-15,17-19H2. The van der Waals surface area contributed by atoms with Crippen molar-refractivity contribution in [3.05, 3.63) is 64.7 Å². The number of anilines is 1. The van der Waals surface area contributed by atoms with Crippen molar-refractivity contribution in [3.63, 3.8) is 0 Å². The first-order chi connectivity index (χ1) is 16.5. The summed E-state index contributed by atoms with van der Waals surface area (Å²) in [7, 11) is 0. The molecule has 0 aliphatic carbocycles. The first-order valence-corrected chi connectivity index (χ1v) is 12.6. The lowest BCUT2D eigenvalue weighted by Crippen LogP contribution is -2.47. The largest absolute Gasteiger partial charge is 0.445 e. The van der Waals surface area contributed by atoms with Crippen molar-refractivity contribution in [2.45, 2.75) is 37.7 Å². The normalized spacial score (nSPS) is 20.1. The average molecular weight is 482 g/mol. The molecule has 1 N–H and O–H groups in total. The van der Waals surface area contributed by atoms with Crippen molar-refractivity contribution in [1.29, 1.82) is 0 Å². The van der Waals surface area contributed by atoms with Gasteiger partial charge in [-0.25, -0.2) is 4.79 Å². The van der Waals surface area contributed by atoms with E-state index in [9.17, 15) is 9.59 Å². The first kappa shape index (κ1) is 23.2. The third-order valence-corrected chi connectivity index (χ3v) is 8.01. The maximum atomic E-state index is 13.0. The van der Waals surface area contributed by atoms with E-state index in [0.29, 0.717) is 25.4 Å². The van der Waals surface area contributed by atoms with Crippen molar-refractivity contribution in [2.75, 3.05) is 44.6 Å². The minimum Gasteiger partial charge on any atom is -0.445 e. The summed E-state index contributed by atoms with van der Waals surface area (Å²) in [5, 5.41) is 4.29. The van der Waals surface area contributed by atoms with Gasteiger partial charge in [-0.2, -0.15) is 0 Å².